The van der Waals surface area contributed by atoms with Gasteiger partial charge >= 0.3 is 0 Å². The van der Waals surface area contributed by atoms with E-state index in [4.69, 9.17) is 4.42 Å². The molecule has 0 aliphatic carbocycles. The minimum atomic E-state index is -0.650. The SMILES string of the molecule is CCn1nc(C(=O)NNC(=O)[C@H]2CC(=O)N(Cc3ccco3)C2)c2ccccc2c1=O. The van der Waals surface area contributed by atoms with Gasteiger partial charge in [-0.1, -0.05) is 18.2 Å². The zero-order chi connectivity index (χ0) is 22.0. The molecule has 1 aliphatic rings. The molecule has 0 radical (unpaired) electrons. The third-order valence-electron chi connectivity index (χ3n) is 5.19. The van der Waals surface area contributed by atoms with E-state index < -0.39 is 17.7 Å². The highest BCUT2D eigenvalue weighted by Crippen LogP contribution is 2.20. The van der Waals surface area contributed by atoms with Gasteiger partial charge < -0.3 is 9.32 Å². The molecular weight excluding hydrogens is 402 g/mol. The molecule has 10 nitrogen and oxygen atoms in total. The molecule has 1 aromatic carbocycles. The van der Waals surface area contributed by atoms with E-state index in [1.807, 2.05) is 0 Å². The highest BCUT2D eigenvalue weighted by Gasteiger charge is 2.35. The lowest BCUT2D eigenvalue weighted by atomic mass is 10.1. The lowest BCUT2D eigenvalue weighted by Crippen LogP contribution is -2.45. The van der Waals surface area contributed by atoms with Gasteiger partial charge in [0.25, 0.3) is 11.5 Å². The number of carbonyl (C=O) groups excluding carboxylic acids is 3. The summed E-state index contributed by atoms with van der Waals surface area (Å²) in [7, 11) is 0. The van der Waals surface area contributed by atoms with Gasteiger partial charge in [0.2, 0.25) is 11.8 Å². The van der Waals surface area contributed by atoms with Gasteiger partial charge in [-0.3, -0.25) is 30.0 Å². The lowest BCUT2D eigenvalue weighted by molar-refractivity contribution is -0.129. The molecular formula is C21H21N5O5. The van der Waals surface area contributed by atoms with Gasteiger partial charge in [-0.2, -0.15) is 5.10 Å². The van der Waals surface area contributed by atoms with E-state index in [0.717, 1.165) is 0 Å². The van der Waals surface area contributed by atoms with Crippen LogP contribution in [0.25, 0.3) is 10.8 Å². The molecule has 2 aromatic heterocycles. The molecule has 0 saturated carbocycles. The first kappa shape index (κ1) is 20.3. The van der Waals surface area contributed by atoms with Crippen molar-refractivity contribution in [1.82, 2.24) is 25.5 Å². The number of furan rings is 1. The van der Waals surface area contributed by atoms with Crippen LogP contribution in [0, 0.1) is 5.92 Å². The van der Waals surface area contributed by atoms with E-state index in [0.29, 0.717) is 23.1 Å². The van der Waals surface area contributed by atoms with Crippen LogP contribution in [-0.4, -0.2) is 38.9 Å². The van der Waals surface area contributed by atoms with Gasteiger partial charge in [0, 0.05) is 24.9 Å². The summed E-state index contributed by atoms with van der Waals surface area (Å²) in [4.78, 5) is 51.4. The standard InChI is InChI=1S/C21H21N5O5/c1-2-26-21(30)16-8-4-3-7-15(16)18(24-26)20(29)23-22-19(28)13-10-17(27)25(11-13)12-14-6-5-9-31-14/h3-9,13H,2,10-12H2,1H3,(H,22,28)(H,23,29)/t13-/m0/s1. The Labute approximate surface area is 176 Å². The first-order chi connectivity index (χ1) is 15.0. The Bertz CT molecular complexity index is 1200. The average molecular weight is 423 g/mol. The molecule has 1 atom stereocenters. The molecule has 0 bridgehead atoms. The van der Waals surface area contributed by atoms with Gasteiger partial charge in [0.15, 0.2) is 5.69 Å². The minimum absolute atomic E-state index is 0.0271. The summed E-state index contributed by atoms with van der Waals surface area (Å²) in [5, 5.41) is 4.89. The van der Waals surface area contributed by atoms with Crippen molar-refractivity contribution < 1.29 is 18.8 Å². The van der Waals surface area contributed by atoms with Gasteiger partial charge in [0.05, 0.1) is 24.1 Å². The first-order valence-electron chi connectivity index (χ1n) is 9.88. The first-order valence-corrected chi connectivity index (χ1v) is 9.88. The zero-order valence-corrected chi connectivity index (χ0v) is 16.8. The summed E-state index contributed by atoms with van der Waals surface area (Å²) in [6.07, 6.45) is 1.57. The number of amides is 3. The van der Waals surface area contributed by atoms with Crippen molar-refractivity contribution >= 4 is 28.5 Å². The second-order valence-electron chi connectivity index (χ2n) is 7.21. The van der Waals surface area contributed by atoms with Crippen molar-refractivity contribution in [1.29, 1.82) is 0 Å². The summed E-state index contributed by atoms with van der Waals surface area (Å²) in [6.45, 7) is 2.56. The summed E-state index contributed by atoms with van der Waals surface area (Å²) >= 11 is 0. The van der Waals surface area contributed by atoms with E-state index in [1.165, 1.54) is 15.8 Å². The second-order valence-corrected chi connectivity index (χ2v) is 7.21. The Morgan fingerprint density at radius 1 is 1.13 bits per heavy atom. The van der Waals surface area contributed by atoms with Crippen LogP contribution in [0.4, 0.5) is 0 Å². The van der Waals surface area contributed by atoms with Gasteiger partial charge in [0.1, 0.15) is 5.76 Å². The van der Waals surface area contributed by atoms with E-state index in [9.17, 15) is 19.2 Å². The van der Waals surface area contributed by atoms with Crippen LogP contribution in [0.15, 0.2) is 51.9 Å². The normalized spacial score (nSPS) is 16.0. The predicted molar refractivity (Wildman–Crippen MR) is 110 cm³/mol. The number of aromatic nitrogens is 2. The van der Waals surface area contributed by atoms with Crippen molar-refractivity contribution in [3.63, 3.8) is 0 Å². The maximum atomic E-state index is 12.7. The number of benzene rings is 1. The van der Waals surface area contributed by atoms with E-state index >= 15 is 0 Å². The molecule has 0 spiro atoms. The fourth-order valence-electron chi connectivity index (χ4n) is 3.59. The molecule has 1 aliphatic heterocycles. The summed E-state index contributed by atoms with van der Waals surface area (Å²) in [5.41, 5.74) is 4.46. The summed E-state index contributed by atoms with van der Waals surface area (Å²) in [5.74, 6) is -1.25. The van der Waals surface area contributed by atoms with Crippen molar-refractivity contribution in [2.24, 2.45) is 5.92 Å². The maximum Gasteiger partial charge on any atom is 0.290 e. The van der Waals surface area contributed by atoms with Crippen molar-refractivity contribution in [2.75, 3.05) is 6.54 Å². The molecule has 1 fully saturated rings. The van der Waals surface area contributed by atoms with E-state index in [2.05, 4.69) is 16.0 Å². The number of hydrogen-bond donors (Lipinski definition) is 2. The van der Waals surface area contributed by atoms with Crippen LogP contribution >= 0.6 is 0 Å². The van der Waals surface area contributed by atoms with Crippen LogP contribution in [-0.2, 0) is 22.7 Å². The van der Waals surface area contributed by atoms with Crippen molar-refractivity contribution in [2.45, 2.75) is 26.4 Å². The molecule has 160 valence electrons. The lowest BCUT2D eigenvalue weighted by Gasteiger charge is -2.15. The maximum absolute atomic E-state index is 12.7. The summed E-state index contributed by atoms with van der Waals surface area (Å²) < 4.78 is 6.44. The molecule has 4 rings (SSSR count). The number of nitrogens with zero attached hydrogens (tertiary/aromatic N) is 3. The number of fused-ring (bicyclic) bond motifs is 1. The van der Waals surface area contributed by atoms with Crippen LogP contribution in [0.5, 0.6) is 0 Å². The number of aryl methyl sites for hydroxylation is 1. The van der Waals surface area contributed by atoms with Gasteiger partial charge in [-0.15, -0.1) is 0 Å². The zero-order valence-electron chi connectivity index (χ0n) is 16.8. The molecule has 3 aromatic rings. The Morgan fingerprint density at radius 3 is 2.61 bits per heavy atom. The largest absolute Gasteiger partial charge is 0.467 e. The summed E-state index contributed by atoms with van der Waals surface area (Å²) in [6, 6.07) is 10.1. The highest BCUT2D eigenvalue weighted by atomic mass is 16.3. The molecule has 0 unspecified atom stereocenters. The van der Waals surface area contributed by atoms with E-state index in [-0.39, 0.29) is 36.7 Å². The third-order valence-corrected chi connectivity index (χ3v) is 5.19. The quantitative estimate of drug-likeness (QED) is 0.585. The number of nitrogens with one attached hydrogen (secondary N) is 2. The predicted octanol–water partition coefficient (Wildman–Crippen LogP) is 0.819. The van der Waals surface area contributed by atoms with Crippen LogP contribution < -0.4 is 16.4 Å². The van der Waals surface area contributed by atoms with Crippen molar-refractivity contribution in [3.05, 3.63) is 64.5 Å². The molecule has 31 heavy (non-hydrogen) atoms. The van der Waals surface area contributed by atoms with Gasteiger partial charge in [-0.25, -0.2) is 4.68 Å². The monoisotopic (exact) mass is 423 g/mol. The topological polar surface area (TPSA) is 127 Å². The second kappa shape index (κ2) is 8.42. The van der Waals surface area contributed by atoms with Gasteiger partial charge in [-0.05, 0) is 25.1 Å². The van der Waals surface area contributed by atoms with E-state index in [1.54, 1.807) is 43.3 Å². The Morgan fingerprint density at radius 2 is 1.90 bits per heavy atom. The Balaban J connectivity index is 1.43. The van der Waals surface area contributed by atoms with Crippen LogP contribution in [0.2, 0.25) is 0 Å². The fourth-order valence-corrected chi connectivity index (χ4v) is 3.59. The van der Waals surface area contributed by atoms with Crippen molar-refractivity contribution in [3.8, 4) is 0 Å². The minimum Gasteiger partial charge on any atom is -0.467 e. The number of rotatable bonds is 5. The molecule has 3 heterocycles. The molecule has 1 saturated heterocycles. The molecule has 2 N–H and O–H groups in total. The number of hydrogen-bond acceptors (Lipinski definition) is 6. The number of likely N-dealkylation sites (tertiary alicyclic amines) is 1. The highest BCUT2D eigenvalue weighted by molar-refractivity contribution is 6.05. The Hall–Kier alpha value is -3.95. The molecule has 10 heteroatoms. The number of hydrazine groups is 1. The number of carbonyl (C=O) groups is 3. The Kier molecular flexibility index (Phi) is 5.52. The fraction of sp³-hybridized carbons (Fsp3) is 0.286. The third kappa shape index (κ3) is 4.04. The molecule has 3 amide bonds. The van der Waals surface area contributed by atoms with Crippen LogP contribution in [0.3, 0.4) is 0 Å². The van der Waals surface area contributed by atoms with Crippen LogP contribution in [0.1, 0.15) is 29.6 Å². The average Bonchev–Trinajstić information content (AvgIpc) is 3.42. The smallest absolute Gasteiger partial charge is 0.290 e.